The summed E-state index contributed by atoms with van der Waals surface area (Å²) < 4.78 is 4.98. The van der Waals surface area contributed by atoms with E-state index in [1.165, 1.54) is 0 Å². The number of ether oxygens (including phenoxy) is 1. The highest BCUT2D eigenvalue weighted by Crippen LogP contribution is 2.24. The zero-order valence-corrected chi connectivity index (χ0v) is 5.72. The first kappa shape index (κ1) is 6.09. The maximum Gasteiger partial charge on any atom is 0.238 e. The second-order valence-electron chi connectivity index (χ2n) is 2.30. The zero-order chi connectivity index (χ0) is 7.84. The lowest BCUT2D eigenvalue weighted by molar-refractivity contribution is 0.567. The van der Waals surface area contributed by atoms with Crippen LogP contribution in [0, 0.1) is 10.8 Å². The van der Waals surface area contributed by atoms with Gasteiger partial charge >= 0.3 is 0 Å². The Morgan fingerprint density at radius 3 is 2.55 bits per heavy atom. The fraction of sp³-hybridized carbons (Fsp3) is 0. The van der Waals surface area contributed by atoms with E-state index in [1.807, 2.05) is 12.1 Å². The molecule has 1 heterocycles. The highest BCUT2D eigenvalue weighted by atomic mass is 16.5. The Bertz CT molecular complexity index is 344. The minimum absolute atomic E-state index is 0.0637. The van der Waals surface area contributed by atoms with Crippen LogP contribution in [0.5, 0.6) is 5.75 Å². The molecule has 0 saturated carbocycles. The number of para-hydroxylation sites is 1. The zero-order valence-electron chi connectivity index (χ0n) is 5.72. The summed E-state index contributed by atoms with van der Waals surface area (Å²) in [4.78, 5) is 0. The van der Waals surface area contributed by atoms with E-state index in [4.69, 9.17) is 15.6 Å². The van der Waals surface area contributed by atoms with E-state index in [1.54, 1.807) is 12.1 Å². The van der Waals surface area contributed by atoms with Gasteiger partial charge in [-0.25, -0.2) is 0 Å². The van der Waals surface area contributed by atoms with Crippen LogP contribution in [0.4, 0.5) is 0 Å². The van der Waals surface area contributed by atoms with Gasteiger partial charge in [0.25, 0.3) is 0 Å². The third-order valence-corrected chi connectivity index (χ3v) is 1.60. The van der Waals surface area contributed by atoms with Crippen LogP contribution in [0.1, 0.15) is 5.56 Å². The highest BCUT2D eigenvalue weighted by molar-refractivity contribution is 6.46. The monoisotopic (exact) mass is 146 g/mol. The predicted octanol–water partition coefficient (Wildman–Crippen LogP) is 1.42. The molecular formula is C8H6N2O. The number of hydrogen-bond acceptors (Lipinski definition) is 3. The summed E-state index contributed by atoms with van der Waals surface area (Å²) in [6.07, 6.45) is 0. The summed E-state index contributed by atoms with van der Waals surface area (Å²) in [5.41, 5.74) is 0.873. The van der Waals surface area contributed by atoms with Gasteiger partial charge in [-0.15, -0.1) is 0 Å². The maximum absolute atomic E-state index is 7.39. The van der Waals surface area contributed by atoms with Gasteiger partial charge in [0, 0.05) is 5.56 Å². The topological polar surface area (TPSA) is 56.9 Å². The Morgan fingerprint density at radius 1 is 1.09 bits per heavy atom. The van der Waals surface area contributed by atoms with Crippen molar-refractivity contribution in [2.45, 2.75) is 0 Å². The summed E-state index contributed by atoms with van der Waals surface area (Å²) in [6.45, 7) is 0. The Hall–Kier alpha value is -1.64. The van der Waals surface area contributed by atoms with Crippen LogP contribution >= 0.6 is 0 Å². The van der Waals surface area contributed by atoms with Crippen molar-refractivity contribution in [3.8, 4) is 5.75 Å². The Labute approximate surface area is 63.6 Å². The van der Waals surface area contributed by atoms with Crippen LogP contribution in [-0.2, 0) is 0 Å². The second-order valence-corrected chi connectivity index (χ2v) is 2.30. The van der Waals surface area contributed by atoms with Gasteiger partial charge in [-0.05, 0) is 12.1 Å². The van der Waals surface area contributed by atoms with E-state index in [0.29, 0.717) is 11.3 Å². The summed E-state index contributed by atoms with van der Waals surface area (Å²) in [7, 11) is 0. The van der Waals surface area contributed by atoms with Gasteiger partial charge in [0.2, 0.25) is 5.90 Å². The van der Waals surface area contributed by atoms with E-state index in [9.17, 15) is 0 Å². The smallest absolute Gasteiger partial charge is 0.238 e. The minimum Gasteiger partial charge on any atom is -0.437 e. The second kappa shape index (κ2) is 1.92. The minimum atomic E-state index is -0.0637. The molecule has 0 atom stereocenters. The van der Waals surface area contributed by atoms with E-state index in [2.05, 4.69) is 0 Å². The molecule has 3 heteroatoms. The van der Waals surface area contributed by atoms with Crippen molar-refractivity contribution in [3.05, 3.63) is 29.8 Å². The predicted molar refractivity (Wildman–Crippen MR) is 41.6 cm³/mol. The lowest BCUT2D eigenvalue weighted by Crippen LogP contribution is -2.09. The summed E-state index contributed by atoms with van der Waals surface area (Å²) >= 11 is 0. The van der Waals surface area contributed by atoms with Crippen molar-refractivity contribution < 1.29 is 4.74 Å². The molecule has 54 valence electrons. The molecule has 0 radical (unpaired) electrons. The molecule has 0 amide bonds. The van der Waals surface area contributed by atoms with Crippen LogP contribution in [-0.4, -0.2) is 11.6 Å². The fourth-order valence-electron chi connectivity index (χ4n) is 1.05. The number of hydrogen-bond donors (Lipinski definition) is 2. The van der Waals surface area contributed by atoms with Gasteiger partial charge in [-0.3, -0.25) is 10.8 Å². The van der Waals surface area contributed by atoms with Crippen LogP contribution in [0.15, 0.2) is 24.3 Å². The molecular weight excluding hydrogens is 140 g/mol. The van der Waals surface area contributed by atoms with Crippen LogP contribution in [0.2, 0.25) is 0 Å². The molecule has 1 aromatic carbocycles. The normalized spacial score (nSPS) is 14.5. The van der Waals surface area contributed by atoms with Gasteiger partial charge in [-0.2, -0.15) is 0 Å². The average Bonchev–Trinajstić information content (AvgIpc) is 2.30. The summed E-state index contributed by atoms with van der Waals surface area (Å²) in [5, 5.41) is 14.6. The largest absolute Gasteiger partial charge is 0.437 e. The third kappa shape index (κ3) is 0.741. The van der Waals surface area contributed by atoms with Crippen molar-refractivity contribution in [3.63, 3.8) is 0 Å². The molecule has 1 aliphatic heterocycles. The van der Waals surface area contributed by atoms with E-state index < -0.39 is 0 Å². The van der Waals surface area contributed by atoms with Crippen molar-refractivity contribution in [2.75, 3.05) is 0 Å². The average molecular weight is 146 g/mol. The van der Waals surface area contributed by atoms with Gasteiger partial charge in [0.05, 0.1) is 0 Å². The number of benzene rings is 1. The standard InChI is InChI=1S/C8H6N2O/c9-7-5-3-1-2-4-6(5)11-8(7)10/h1-4,9-10H. The van der Waals surface area contributed by atoms with Gasteiger partial charge in [0.1, 0.15) is 11.5 Å². The molecule has 0 saturated heterocycles. The first-order valence-corrected chi connectivity index (χ1v) is 3.24. The molecule has 0 aromatic heterocycles. The molecule has 0 aliphatic carbocycles. The molecule has 1 aromatic rings. The van der Waals surface area contributed by atoms with E-state index in [0.717, 1.165) is 0 Å². The van der Waals surface area contributed by atoms with Crippen LogP contribution < -0.4 is 4.74 Å². The van der Waals surface area contributed by atoms with Gasteiger partial charge in [0.15, 0.2) is 0 Å². The number of rotatable bonds is 0. The van der Waals surface area contributed by atoms with E-state index in [-0.39, 0.29) is 11.6 Å². The molecule has 0 fully saturated rings. The summed E-state index contributed by atoms with van der Waals surface area (Å²) in [5.74, 6) is 0.550. The molecule has 0 spiro atoms. The summed E-state index contributed by atoms with van der Waals surface area (Å²) in [6, 6.07) is 7.19. The number of nitrogens with one attached hydrogen (secondary N) is 2. The lowest BCUT2D eigenvalue weighted by Gasteiger charge is -1.92. The molecule has 11 heavy (non-hydrogen) atoms. The molecule has 1 aliphatic rings. The molecule has 0 bridgehead atoms. The Kier molecular flexibility index (Phi) is 1.06. The molecule has 0 unspecified atom stereocenters. The quantitative estimate of drug-likeness (QED) is 0.571. The van der Waals surface area contributed by atoms with Crippen LogP contribution in [0.25, 0.3) is 0 Å². The molecule has 2 N–H and O–H groups in total. The first-order chi connectivity index (χ1) is 5.29. The SMILES string of the molecule is N=C1Oc2ccccc2C1=N. The van der Waals surface area contributed by atoms with Crippen molar-refractivity contribution in [2.24, 2.45) is 0 Å². The van der Waals surface area contributed by atoms with Gasteiger partial charge in [-0.1, -0.05) is 12.1 Å². The molecule has 3 nitrogen and oxygen atoms in total. The number of fused-ring (bicyclic) bond motifs is 1. The Morgan fingerprint density at radius 2 is 1.82 bits per heavy atom. The van der Waals surface area contributed by atoms with Crippen molar-refractivity contribution in [1.29, 1.82) is 10.8 Å². The Balaban J connectivity index is 2.64. The third-order valence-electron chi connectivity index (χ3n) is 1.60. The molecule has 2 rings (SSSR count). The van der Waals surface area contributed by atoms with Crippen LogP contribution in [0.3, 0.4) is 0 Å². The maximum atomic E-state index is 7.39. The van der Waals surface area contributed by atoms with Crippen molar-refractivity contribution >= 4 is 11.6 Å². The lowest BCUT2D eigenvalue weighted by atomic mass is 10.1. The van der Waals surface area contributed by atoms with E-state index >= 15 is 0 Å². The van der Waals surface area contributed by atoms with Crippen molar-refractivity contribution in [1.82, 2.24) is 0 Å². The first-order valence-electron chi connectivity index (χ1n) is 3.24. The van der Waals surface area contributed by atoms with Gasteiger partial charge < -0.3 is 4.74 Å². The highest BCUT2D eigenvalue weighted by Gasteiger charge is 2.22. The fourth-order valence-corrected chi connectivity index (χ4v) is 1.05.